The van der Waals surface area contributed by atoms with E-state index in [0.29, 0.717) is 16.7 Å². The van der Waals surface area contributed by atoms with Crippen molar-refractivity contribution in [1.82, 2.24) is 9.80 Å². The van der Waals surface area contributed by atoms with E-state index >= 15 is 8.78 Å². The smallest absolute Gasteiger partial charge is 0.417 e. The van der Waals surface area contributed by atoms with Gasteiger partial charge in [-0.05, 0) is 45.0 Å². The number of nitrogens with zero attached hydrogens (tertiary/aromatic N) is 3. The Morgan fingerprint density at radius 2 is 1.68 bits per heavy atom. The fourth-order valence-corrected chi connectivity index (χ4v) is 4.33. The number of aldehydes is 1. The lowest BCUT2D eigenvalue weighted by atomic mass is 9.90. The van der Waals surface area contributed by atoms with Gasteiger partial charge in [0, 0.05) is 44.8 Å². The molecule has 2 aromatic rings. The van der Waals surface area contributed by atoms with Crippen molar-refractivity contribution in [2.45, 2.75) is 38.3 Å². The molecule has 40 heavy (non-hydrogen) atoms. The Morgan fingerprint density at radius 3 is 2.23 bits per heavy atom. The maximum Gasteiger partial charge on any atom is 0.417 e. The number of hydrogen-bond donors (Lipinski definition) is 0. The van der Waals surface area contributed by atoms with Crippen LogP contribution in [-0.4, -0.2) is 79.1 Å². The predicted octanol–water partition coefficient (Wildman–Crippen LogP) is 3.97. The SMILES string of the molecule is COCC1(CC=O)C(=O)N(C(=O)OC(C)(C)C)CCN1C(=O)N(C)c1c(F)cc(C#Cc2ccccc2)cc1F. The van der Waals surface area contributed by atoms with Crippen LogP contribution in [0.25, 0.3) is 0 Å². The third-order valence-corrected chi connectivity index (χ3v) is 6.12. The van der Waals surface area contributed by atoms with Crippen LogP contribution in [0.5, 0.6) is 0 Å². The number of carbonyl (C=O) groups is 4. The number of halogens is 2. The Morgan fingerprint density at radius 1 is 1.07 bits per heavy atom. The van der Waals surface area contributed by atoms with Crippen LogP contribution in [0, 0.1) is 23.5 Å². The summed E-state index contributed by atoms with van der Waals surface area (Å²) in [5.74, 6) is 2.48. The zero-order chi connectivity index (χ0) is 29.7. The Labute approximate surface area is 231 Å². The van der Waals surface area contributed by atoms with Gasteiger partial charge in [-0.25, -0.2) is 23.3 Å². The predicted molar refractivity (Wildman–Crippen MR) is 143 cm³/mol. The third-order valence-electron chi connectivity index (χ3n) is 6.12. The Kier molecular flexibility index (Phi) is 9.27. The monoisotopic (exact) mass is 555 g/mol. The molecule has 0 aromatic heterocycles. The van der Waals surface area contributed by atoms with Gasteiger partial charge in [-0.1, -0.05) is 30.0 Å². The molecule has 9 nitrogen and oxygen atoms in total. The van der Waals surface area contributed by atoms with Crippen molar-refractivity contribution in [1.29, 1.82) is 0 Å². The van der Waals surface area contributed by atoms with E-state index < -0.39 is 59.5 Å². The van der Waals surface area contributed by atoms with Crippen molar-refractivity contribution in [2.75, 3.05) is 38.8 Å². The van der Waals surface area contributed by atoms with E-state index in [4.69, 9.17) is 9.47 Å². The van der Waals surface area contributed by atoms with E-state index in [-0.39, 0.29) is 18.7 Å². The van der Waals surface area contributed by atoms with Gasteiger partial charge < -0.3 is 19.2 Å². The summed E-state index contributed by atoms with van der Waals surface area (Å²) >= 11 is 0. The molecule has 0 radical (unpaired) electrons. The van der Waals surface area contributed by atoms with Gasteiger partial charge in [0.15, 0.2) is 17.2 Å². The zero-order valence-corrected chi connectivity index (χ0v) is 23.0. The van der Waals surface area contributed by atoms with Crippen LogP contribution in [-0.2, 0) is 19.1 Å². The zero-order valence-electron chi connectivity index (χ0n) is 23.0. The number of urea groups is 1. The number of anilines is 1. The first kappa shape index (κ1) is 30.2. The number of amides is 4. The van der Waals surface area contributed by atoms with Gasteiger partial charge in [-0.15, -0.1) is 0 Å². The fourth-order valence-electron chi connectivity index (χ4n) is 4.33. The van der Waals surface area contributed by atoms with Gasteiger partial charge in [0.05, 0.1) is 6.61 Å². The molecular formula is C29H31F2N3O6. The highest BCUT2D eigenvalue weighted by atomic mass is 19.1. The molecule has 0 saturated carbocycles. The van der Waals surface area contributed by atoms with Crippen molar-refractivity contribution >= 4 is 30.0 Å². The molecule has 1 saturated heterocycles. The van der Waals surface area contributed by atoms with Crippen LogP contribution in [0.15, 0.2) is 42.5 Å². The van der Waals surface area contributed by atoms with Gasteiger partial charge in [0.1, 0.15) is 17.6 Å². The molecule has 1 fully saturated rings. The molecule has 4 amide bonds. The van der Waals surface area contributed by atoms with Crippen LogP contribution in [0.3, 0.4) is 0 Å². The lowest BCUT2D eigenvalue weighted by Gasteiger charge is -2.48. The first-order chi connectivity index (χ1) is 18.8. The van der Waals surface area contributed by atoms with E-state index in [1.54, 1.807) is 45.0 Å². The second kappa shape index (κ2) is 12.3. The second-order valence-electron chi connectivity index (χ2n) is 10.2. The molecule has 1 aliphatic heterocycles. The number of rotatable bonds is 5. The van der Waals surface area contributed by atoms with E-state index in [0.717, 1.165) is 29.0 Å². The number of methoxy groups -OCH3 is 1. The summed E-state index contributed by atoms with van der Waals surface area (Å²) < 4.78 is 40.8. The molecule has 1 aliphatic rings. The van der Waals surface area contributed by atoms with Gasteiger partial charge in [0.25, 0.3) is 5.91 Å². The average molecular weight is 556 g/mol. The molecular weight excluding hydrogens is 524 g/mol. The highest BCUT2D eigenvalue weighted by Gasteiger charge is 2.54. The maximum absolute atomic E-state index is 15.2. The minimum atomic E-state index is -1.95. The van der Waals surface area contributed by atoms with Gasteiger partial charge in [-0.3, -0.25) is 9.69 Å². The van der Waals surface area contributed by atoms with Crippen LogP contribution >= 0.6 is 0 Å². The molecule has 212 valence electrons. The Bertz CT molecular complexity index is 1330. The first-order valence-electron chi connectivity index (χ1n) is 12.4. The average Bonchev–Trinajstić information content (AvgIpc) is 2.88. The third kappa shape index (κ3) is 6.46. The van der Waals surface area contributed by atoms with Crippen molar-refractivity contribution in [3.05, 3.63) is 65.2 Å². The Hall–Kier alpha value is -4.30. The number of benzene rings is 2. The summed E-state index contributed by atoms with van der Waals surface area (Å²) in [4.78, 5) is 54.2. The van der Waals surface area contributed by atoms with Crippen LogP contribution in [0.2, 0.25) is 0 Å². The quantitative estimate of drug-likeness (QED) is 0.409. The summed E-state index contributed by atoms with van der Waals surface area (Å²) in [7, 11) is 2.40. The molecule has 1 atom stereocenters. The fraction of sp³-hybridized carbons (Fsp3) is 0.379. The lowest BCUT2D eigenvalue weighted by molar-refractivity contribution is -0.152. The number of carbonyl (C=O) groups excluding carboxylic acids is 4. The second-order valence-corrected chi connectivity index (χ2v) is 10.2. The number of piperazine rings is 1. The van der Waals surface area contributed by atoms with Gasteiger partial charge >= 0.3 is 12.1 Å². The maximum atomic E-state index is 15.2. The summed E-state index contributed by atoms with van der Waals surface area (Å²) in [5.41, 5.74) is -2.83. The van der Waals surface area contributed by atoms with Gasteiger partial charge in [0.2, 0.25) is 0 Å². The summed E-state index contributed by atoms with van der Waals surface area (Å²) in [6.45, 7) is 3.91. The highest BCUT2D eigenvalue weighted by Crippen LogP contribution is 2.32. The molecule has 1 heterocycles. The number of imide groups is 1. The largest absolute Gasteiger partial charge is 0.443 e. The number of hydrogen-bond acceptors (Lipinski definition) is 6. The first-order valence-corrected chi connectivity index (χ1v) is 12.4. The summed E-state index contributed by atoms with van der Waals surface area (Å²) in [5, 5.41) is 0. The van der Waals surface area contributed by atoms with Crippen molar-refractivity contribution < 1.29 is 37.4 Å². The molecule has 0 bridgehead atoms. The molecule has 0 N–H and O–H groups in total. The van der Waals surface area contributed by atoms with E-state index in [1.165, 1.54) is 7.11 Å². The minimum absolute atomic E-state index is 0.0549. The molecule has 2 aromatic carbocycles. The van der Waals surface area contributed by atoms with Crippen LogP contribution in [0.4, 0.5) is 24.1 Å². The topological polar surface area (TPSA) is 96.5 Å². The molecule has 1 unspecified atom stereocenters. The normalized spacial score (nSPS) is 17.1. The molecule has 0 aliphatic carbocycles. The number of ether oxygens (including phenoxy) is 2. The highest BCUT2D eigenvalue weighted by molar-refractivity contribution is 6.04. The van der Waals surface area contributed by atoms with Crippen molar-refractivity contribution in [2.24, 2.45) is 0 Å². The molecule has 3 rings (SSSR count). The van der Waals surface area contributed by atoms with Crippen molar-refractivity contribution in [3.8, 4) is 11.8 Å². The summed E-state index contributed by atoms with van der Waals surface area (Å²) in [6, 6.07) is 9.88. The lowest BCUT2D eigenvalue weighted by Crippen LogP contribution is -2.71. The standard InChI is InChI=1S/C29H31F2N3O6/c1-28(2,3)40-27(38)33-14-15-34(29(13-16-35,19-39-5)25(33)36)26(37)32(4)24-22(30)17-21(18-23(24)31)12-11-20-9-7-6-8-10-20/h6-10,16-18H,13-15,19H2,1-5H3. The van der Waals surface area contributed by atoms with E-state index in [1.807, 2.05) is 6.07 Å². The van der Waals surface area contributed by atoms with Crippen molar-refractivity contribution in [3.63, 3.8) is 0 Å². The molecule has 0 spiro atoms. The van der Waals surface area contributed by atoms with Crippen LogP contribution in [0.1, 0.15) is 38.3 Å². The molecule has 11 heteroatoms. The summed E-state index contributed by atoms with van der Waals surface area (Å²) in [6.07, 6.45) is -1.07. The van der Waals surface area contributed by atoms with E-state index in [2.05, 4.69) is 11.8 Å². The van der Waals surface area contributed by atoms with Crippen LogP contribution < -0.4 is 4.90 Å². The minimum Gasteiger partial charge on any atom is -0.443 e. The van der Waals surface area contributed by atoms with E-state index in [9.17, 15) is 19.2 Å². The van der Waals surface area contributed by atoms with Gasteiger partial charge in [-0.2, -0.15) is 0 Å². The Balaban J connectivity index is 1.95.